The van der Waals surface area contributed by atoms with Crippen LogP contribution < -0.4 is 10.9 Å². The molecule has 104 valence electrons. The van der Waals surface area contributed by atoms with Crippen molar-refractivity contribution in [1.29, 1.82) is 0 Å². The Morgan fingerprint density at radius 1 is 1.40 bits per heavy atom. The second-order valence-corrected chi connectivity index (χ2v) is 6.85. The van der Waals surface area contributed by atoms with E-state index in [4.69, 9.17) is 0 Å². The zero-order chi connectivity index (χ0) is 13.9. The third-order valence-electron chi connectivity index (χ3n) is 3.02. The lowest BCUT2D eigenvalue weighted by Crippen LogP contribution is -2.30. The Bertz CT molecular complexity index is 695. The van der Waals surface area contributed by atoms with Gasteiger partial charge in [0.2, 0.25) is 5.91 Å². The smallest absolute Gasteiger partial charge is 0.258 e. The molecule has 3 rings (SSSR count). The summed E-state index contributed by atoms with van der Waals surface area (Å²) in [7, 11) is 0. The van der Waals surface area contributed by atoms with Crippen LogP contribution in [0.15, 0.2) is 29.3 Å². The van der Waals surface area contributed by atoms with Crippen molar-refractivity contribution in [2.24, 2.45) is 0 Å². The van der Waals surface area contributed by atoms with Gasteiger partial charge >= 0.3 is 0 Å². The summed E-state index contributed by atoms with van der Waals surface area (Å²) in [5.74, 6) is 2.95. The van der Waals surface area contributed by atoms with E-state index in [-0.39, 0.29) is 16.7 Å². The Hall–Kier alpha value is -1.47. The standard InChI is InChI=1S/C13H13N3O2S2/c17-12-9-5-8(1-2-10(9)14-7-15-12)16-13(18)11-6-19-3-4-20-11/h1-2,5,7,11H,3-4,6H2,(H,16,18)(H,14,15,17). The number of H-pyrrole nitrogens is 1. The molecule has 1 amide bonds. The number of anilines is 1. The number of fused-ring (bicyclic) bond motifs is 1. The normalized spacial score (nSPS) is 18.9. The monoisotopic (exact) mass is 307 g/mol. The molecular formula is C13H13N3O2S2. The van der Waals surface area contributed by atoms with Crippen molar-refractivity contribution in [3.63, 3.8) is 0 Å². The SMILES string of the molecule is O=C(Nc1ccc2nc[nH]c(=O)c2c1)C1CSCCS1. The van der Waals surface area contributed by atoms with Gasteiger partial charge < -0.3 is 10.3 Å². The average molecular weight is 307 g/mol. The second-order valence-electron chi connectivity index (χ2n) is 4.39. The van der Waals surface area contributed by atoms with E-state index >= 15 is 0 Å². The highest BCUT2D eigenvalue weighted by Crippen LogP contribution is 2.25. The van der Waals surface area contributed by atoms with E-state index in [9.17, 15) is 9.59 Å². The highest BCUT2D eigenvalue weighted by atomic mass is 32.2. The maximum absolute atomic E-state index is 12.1. The van der Waals surface area contributed by atoms with Crippen molar-refractivity contribution in [3.05, 3.63) is 34.9 Å². The van der Waals surface area contributed by atoms with Crippen molar-refractivity contribution in [2.75, 3.05) is 22.6 Å². The first-order chi connectivity index (χ1) is 9.74. The van der Waals surface area contributed by atoms with Gasteiger partial charge in [-0.25, -0.2) is 4.98 Å². The van der Waals surface area contributed by atoms with Gasteiger partial charge in [0, 0.05) is 22.9 Å². The number of benzene rings is 1. The minimum Gasteiger partial charge on any atom is -0.325 e. The maximum Gasteiger partial charge on any atom is 0.258 e. The zero-order valence-electron chi connectivity index (χ0n) is 10.6. The van der Waals surface area contributed by atoms with E-state index < -0.39 is 0 Å². The summed E-state index contributed by atoms with van der Waals surface area (Å²) in [5.41, 5.74) is 1.06. The molecule has 1 aromatic heterocycles. The minimum absolute atomic E-state index is 0.00173. The summed E-state index contributed by atoms with van der Waals surface area (Å²) in [6.07, 6.45) is 1.37. The summed E-state index contributed by atoms with van der Waals surface area (Å²) in [4.78, 5) is 30.5. The number of aromatic amines is 1. The highest BCUT2D eigenvalue weighted by Gasteiger charge is 2.22. The van der Waals surface area contributed by atoms with Crippen LogP contribution >= 0.6 is 23.5 Å². The number of rotatable bonds is 2. The van der Waals surface area contributed by atoms with Crippen molar-refractivity contribution in [3.8, 4) is 0 Å². The van der Waals surface area contributed by atoms with Crippen molar-refractivity contribution in [1.82, 2.24) is 9.97 Å². The van der Waals surface area contributed by atoms with E-state index in [1.54, 1.807) is 41.7 Å². The minimum atomic E-state index is -0.200. The first kappa shape index (κ1) is 13.5. The van der Waals surface area contributed by atoms with Crippen molar-refractivity contribution < 1.29 is 4.79 Å². The number of aromatic nitrogens is 2. The summed E-state index contributed by atoms with van der Waals surface area (Å²) in [6, 6.07) is 5.18. The van der Waals surface area contributed by atoms with Gasteiger partial charge in [-0.2, -0.15) is 11.8 Å². The van der Waals surface area contributed by atoms with E-state index in [2.05, 4.69) is 15.3 Å². The van der Waals surface area contributed by atoms with Gasteiger partial charge in [0.1, 0.15) is 0 Å². The Labute approximate surface area is 123 Å². The van der Waals surface area contributed by atoms with Crippen LogP contribution in [0.4, 0.5) is 5.69 Å². The van der Waals surface area contributed by atoms with Gasteiger partial charge in [-0.05, 0) is 18.2 Å². The van der Waals surface area contributed by atoms with Crippen molar-refractivity contribution in [2.45, 2.75) is 5.25 Å². The molecule has 1 atom stereocenters. The summed E-state index contributed by atoms with van der Waals surface area (Å²) >= 11 is 3.48. The van der Waals surface area contributed by atoms with Crippen LogP contribution in [0.2, 0.25) is 0 Å². The molecule has 1 aromatic carbocycles. The molecule has 2 N–H and O–H groups in total. The van der Waals surface area contributed by atoms with Crippen LogP contribution in [0.5, 0.6) is 0 Å². The van der Waals surface area contributed by atoms with Crippen LogP contribution in [-0.2, 0) is 4.79 Å². The number of carbonyl (C=O) groups excluding carboxylic acids is 1. The van der Waals surface area contributed by atoms with Gasteiger partial charge in [0.15, 0.2) is 0 Å². The van der Waals surface area contributed by atoms with Crippen LogP contribution in [0.1, 0.15) is 0 Å². The van der Waals surface area contributed by atoms with E-state index in [0.29, 0.717) is 16.6 Å². The largest absolute Gasteiger partial charge is 0.325 e. The lowest BCUT2D eigenvalue weighted by molar-refractivity contribution is -0.115. The molecule has 1 fully saturated rings. The number of nitrogens with zero attached hydrogens (tertiary/aromatic N) is 1. The number of hydrogen-bond donors (Lipinski definition) is 2. The molecule has 0 aliphatic carbocycles. The number of hydrogen-bond acceptors (Lipinski definition) is 5. The lowest BCUT2D eigenvalue weighted by atomic mass is 10.2. The summed E-state index contributed by atoms with van der Waals surface area (Å²) in [5, 5.41) is 3.34. The fraction of sp³-hybridized carbons (Fsp3) is 0.308. The zero-order valence-corrected chi connectivity index (χ0v) is 12.2. The van der Waals surface area contributed by atoms with Crippen LogP contribution in [0.3, 0.4) is 0 Å². The molecule has 1 aliphatic heterocycles. The predicted molar refractivity (Wildman–Crippen MR) is 84.6 cm³/mol. The molecule has 0 radical (unpaired) electrons. The average Bonchev–Trinajstić information content (AvgIpc) is 2.49. The van der Waals surface area contributed by atoms with Gasteiger partial charge in [0.05, 0.1) is 22.5 Å². The number of amides is 1. The fourth-order valence-corrected chi connectivity index (χ4v) is 4.57. The first-order valence-corrected chi connectivity index (χ1v) is 8.42. The molecule has 1 unspecified atom stereocenters. The molecular weight excluding hydrogens is 294 g/mol. The Balaban J connectivity index is 1.82. The van der Waals surface area contributed by atoms with Gasteiger partial charge in [-0.15, -0.1) is 11.8 Å². The molecule has 1 aliphatic rings. The number of nitrogens with one attached hydrogen (secondary N) is 2. The van der Waals surface area contributed by atoms with Crippen LogP contribution in [0.25, 0.3) is 10.9 Å². The second kappa shape index (κ2) is 5.88. The summed E-state index contributed by atoms with van der Waals surface area (Å²) in [6.45, 7) is 0. The molecule has 5 nitrogen and oxygen atoms in total. The predicted octanol–water partition coefficient (Wildman–Crippen LogP) is 1.71. The van der Waals surface area contributed by atoms with Gasteiger partial charge in [-0.3, -0.25) is 9.59 Å². The third kappa shape index (κ3) is 2.83. The molecule has 20 heavy (non-hydrogen) atoms. The lowest BCUT2D eigenvalue weighted by Gasteiger charge is -2.20. The maximum atomic E-state index is 12.1. The first-order valence-electron chi connectivity index (χ1n) is 6.22. The molecule has 7 heteroatoms. The fourth-order valence-electron chi connectivity index (χ4n) is 2.01. The van der Waals surface area contributed by atoms with Crippen LogP contribution in [-0.4, -0.2) is 38.4 Å². The van der Waals surface area contributed by atoms with E-state index in [0.717, 1.165) is 17.3 Å². The van der Waals surface area contributed by atoms with E-state index in [1.165, 1.54) is 6.33 Å². The molecule has 1 saturated heterocycles. The molecule has 0 spiro atoms. The van der Waals surface area contributed by atoms with Crippen molar-refractivity contribution >= 4 is 46.0 Å². The topological polar surface area (TPSA) is 74.8 Å². The molecule has 2 heterocycles. The molecule has 0 bridgehead atoms. The Kier molecular flexibility index (Phi) is 3.98. The van der Waals surface area contributed by atoms with E-state index in [1.807, 2.05) is 0 Å². The third-order valence-corrected chi connectivity index (χ3v) is 5.77. The highest BCUT2D eigenvalue weighted by molar-refractivity contribution is 8.07. The quantitative estimate of drug-likeness (QED) is 0.883. The Morgan fingerprint density at radius 3 is 3.10 bits per heavy atom. The number of thioether (sulfide) groups is 2. The molecule has 0 saturated carbocycles. The van der Waals surface area contributed by atoms with Gasteiger partial charge in [0.25, 0.3) is 5.56 Å². The molecule has 2 aromatic rings. The van der Waals surface area contributed by atoms with Crippen LogP contribution in [0, 0.1) is 0 Å². The number of carbonyl (C=O) groups is 1. The summed E-state index contributed by atoms with van der Waals surface area (Å²) < 4.78 is 0. The van der Waals surface area contributed by atoms with Gasteiger partial charge in [-0.1, -0.05) is 0 Å². The Morgan fingerprint density at radius 2 is 2.30 bits per heavy atom.